The summed E-state index contributed by atoms with van der Waals surface area (Å²) in [5, 5.41) is 10.1. The maximum atomic E-state index is 12.8. The first-order valence-corrected chi connectivity index (χ1v) is 11.7. The molecule has 0 unspecified atom stereocenters. The second-order valence-electron chi connectivity index (χ2n) is 7.18. The van der Waals surface area contributed by atoms with Crippen molar-refractivity contribution < 1.29 is 8.42 Å². The number of sulfonamides is 1. The number of aryl methyl sites for hydroxylation is 1. The van der Waals surface area contributed by atoms with E-state index in [-0.39, 0.29) is 4.90 Å². The van der Waals surface area contributed by atoms with Crippen LogP contribution in [0.2, 0.25) is 0 Å². The maximum absolute atomic E-state index is 12.8. The fourth-order valence-electron chi connectivity index (χ4n) is 3.52. The number of hydrogen-bond acceptors (Lipinski definition) is 5. The van der Waals surface area contributed by atoms with E-state index in [0.717, 1.165) is 42.1 Å². The number of anilines is 1. The standard InChI is InChI=1S/C22H21N3O2S2/c1-16-7-9-18(10-8-16)29(26,27)24-22-20(13-23)19-11-12-25(15-21(19)28-22)14-17-5-3-2-4-6-17/h2-10,24H,11-12,14-15H2,1H3. The number of fused-ring (bicyclic) bond motifs is 1. The van der Waals surface area contributed by atoms with Crippen molar-refractivity contribution in [3.05, 3.63) is 81.7 Å². The molecular formula is C22H21N3O2S2. The maximum Gasteiger partial charge on any atom is 0.262 e. The van der Waals surface area contributed by atoms with Crippen LogP contribution in [0.25, 0.3) is 0 Å². The van der Waals surface area contributed by atoms with Crippen LogP contribution in [0, 0.1) is 18.3 Å². The summed E-state index contributed by atoms with van der Waals surface area (Å²) in [6.07, 6.45) is 0.744. The molecule has 0 saturated carbocycles. The zero-order valence-corrected chi connectivity index (χ0v) is 17.7. The Bertz CT molecular complexity index is 1160. The molecule has 1 N–H and O–H groups in total. The molecule has 0 atom stereocenters. The second-order valence-corrected chi connectivity index (χ2v) is 9.97. The largest absolute Gasteiger partial charge is 0.294 e. The number of nitriles is 1. The Kier molecular flexibility index (Phi) is 5.41. The first kappa shape index (κ1) is 19.6. The lowest BCUT2D eigenvalue weighted by molar-refractivity contribution is 0.249. The highest BCUT2D eigenvalue weighted by Crippen LogP contribution is 2.38. The zero-order valence-electron chi connectivity index (χ0n) is 16.1. The summed E-state index contributed by atoms with van der Waals surface area (Å²) >= 11 is 1.37. The van der Waals surface area contributed by atoms with Gasteiger partial charge >= 0.3 is 0 Å². The van der Waals surface area contributed by atoms with E-state index in [0.29, 0.717) is 10.6 Å². The van der Waals surface area contributed by atoms with Gasteiger partial charge in [-0.3, -0.25) is 9.62 Å². The summed E-state index contributed by atoms with van der Waals surface area (Å²) in [5.74, 6) is 0. The third-order valence-corrected chi connectivity index (χ3v) is 7.68. The predicted molar refractivity (Wildman–Crippen MR) is 115 cm³/mol. The van der Waals surface area contributed by atoms with Gasteiger partial charge in [-0.05, 0) is 36.6 Å². The van der Waals surface area contributed by atoms with Crippen molar-refractivity contribution in [1.29, 1.82) is 5.26 Å². The van der Waals surface area contributed by atoms with E-state index in [1.165, 1.54) is 16.9 Å². The lowest BCUT2D eigenvalue weighted by Gasteiger charge is -2.26. The Balaban J connectivity index is 1.57. The fraction of sp³-hybridized carbons (Fsp3) is 0.227. The van der Waals surface area contributed by atoms with Gasteiger partial charge in [0, 0.05) is 24.5 Å². The van der Waals surface area contributed by atoms with Gasteiger partial charge in [-0.25, -0.2) is 8.42 Å². The predicted octanol–water partition coefficient (Wildman–Crippen LogP) is 4.29. The van der Waals surface area contributed by atoms with E-state index in [2.05, 4.69) is 27.8 Å². The molecule has 0 radical (unpaired) electrons. The van der Waals surface area contributed by atoms with E-state index >= 15 is 0 Å². The Morgan fingerprint density at radius 1 is 1.14 bits per heavy atom. The minimum Gasteiger partial charge on any atom is -0.294 e. The van der Waals surface area contributed by atoms with E-state index in [1.807, 2.05) is 25.1 Å². The minimum absolute atomic E-state index is 0.198. The summed E-state index contributed by atoms with van der Waals surface area (Å²) in [4.78, 5) is 3.59. The van der Waals surface area contributed by atoms with E-state index in [4.69, 9.17) is 0 Å². The Labute approximate surface area is 175 Å². The van der Waals surface area contributed by atoms with E-state index < -0.39 is 10.0 Å². The smallest absolute Gasteiger partial charge is 0.262 e. The number of nitrogens with one attached hydrogen (secondary N) is 1. The van der Waals surface area contributed by atoms with Crippen LogP contribution in [0.3, 0.4) is 0 Å². The summed E-state index contributed by atoms with van der Waals surface area (Å²) in [5.41, 5.74) is 3.67. The van der Waals surface area contributed by atoms with Crippen LogP contribution in [-0.4, -0.2) is 19.9 Å². The van der Waals surface area contributed by atoms with Crippen molar-refractivity contribution in [2.24, 2.45) is 0 Å². The van der Waals surface area contributed by atoms with Crippen LogP contribution in [0.15, 0.2) is 59.5 Å². The van der Waals surface area contributed by atoms with Gasteiger partial charge in [0.15, 0.2) is 0 Å². The van der Waals surface area contributed by atoms with Crippen molar-refractivity contribution in [3.63, 3.8) is 0 Å². The van der Waals surface area contributed by atoms with Crippen LogP contribution < -0.4 is 4.72 Å². The molecule has 2 aromatic carbocycles. The summed E-state index contributed by atoms with van der Waals surface area (Å²) in [7, 11) is -3.73. The lowest BCUT2D eigenvalue weighted by Crippen LogP contribution is -2.29. The first-order chi connectivity index (χ1) is 14.0. The van der Waals surface area contributed by atoms with Crippen LogP contribution in [0.4, 0.5) is 5.00 Å². The normalized spacial score (nSPS) is 14.2. The Morgan fingerprint density at radius 2 is 1.86 bits per heavy atom. The van der Waals surface area contributed by atoms with Crippen LogP contribution in [-0.2, 0) is 29.5 Å². The molecule has 0 aliphatic carbocycles. The van der Waals surface area contributed by atoms with Gasteiger partial charge < -0.3 is 0 Å². The van der Waals surface area contributed by atoms with Crippen molar-refractivity contribution in [3.8, 4) is 6.07 Å². The van der Waals surface area contributed by atoms with Gasteiger partial charge in [0.25, 0.3) is 10.0 Å². The topological polar surface area (TPSA) is 73.2 Å². The van der Waals surface area contributed by atoms with Crippen LogP contribution in [0.1, 0.15) is 27.1 Å². The molecule has 29 heavy (non-hydrogen) atoms. The third-order valence-electron chi connectivity index (χ3n) is 5.06. The number of benzene rings is 2. The SMILES string of the molecule is Cc1ccc(S(=O)(=O)Nc2sc3c(c2C#N)CCN(Cc2ccccc2)C3)cc1. The zero-order chi connectivity index (χ0) is 20.4. The van der Waals surface area contributed by atoms with E-state index in [9.17, 15) is 13.7 Å². The summed E-state index contributed by atoms with van der Waals surface area (Å²) < 4.78 is 28.2. The number of thiophene rings is 1. The molecule has 7 heteroatoms. The lowest BCUT2D eigenvalue weighted by atomic mass is 10.0. The minimum atomic E-state index is -3.73. The molecule has 1 aromatic heterocycles. The second kappa shape index (κ2) is 7.99. The molecule has 4 rings (SSSR count). The van der Waals surface area contributed by atoms with Crippen molar-refractivity contribution >= 4 is 26.4 Å². The molecule has 0 amide bonds. The first-order valence-electron chi connectivity index (χ1n) is 9.36. The van der Waals surface area contributed by atoms with Crippen LogP contribution >= 0.6 is 11.3 Å². The molecule has 5 nitrogen and oxygen atoms in total. The van der Waals surface area contributed by atoms with Gasteiger partial charge in [-0.2, -0.15) is 5.26 Å². The highest BCUT2D eigenvalue weighted by Gasteiger charge is 2.27. The van der Waals surface area contributed by atoms with Gasteiger partial charge in [0.1, 0.15) is 11.1 Å². The van der Waals surface area contributed by atoms with Gasteiger partial charge in [-0.15, -0.1) is 11.3 Å². The molecule has 148 valence electrons. The van der Waals surface area contributed by atoms with Crippen molar-refractivity contribution in [1.82, 2.24) is 4.90 Å². The van der Waals surface area contributed by atoms with Gasteiger partial charge in [-0.1, -0.05) is 48.0 Å². The number of hydrogen-bond donors (Lipinski definition) is 1. The highest BCUT2D eigenvalue weighted by molar-refractivity contribution is 7.93. The Morgan fingerprint density at radius 3 is 2.55 bits per heavy atom. The molecule has 0 saturated heterocycles. The molecule has 1 aliphatic rings. The monoisotopic (exact) mass is 423 g/mol. The number of rotatable bonds is 5. The molecule has 3 aromatic rings. The molecule has 0 bridgehead atoms. The van der Waals surface area contributed by atoms with Crippen molar-refractivity contribution in [2.45, 2.75) is 31.3 Å². The summed E-state index contributed by atoms with van der Waals surface area (Å²) in [6, 6.07) is 19.2. The highest BCUT2D eigenvalue weighted by atomic mass is 32.2. The van der Waals surface area contributed by atoms with Gasteiger partial charge in [0.2, 0.25) is 0 Å². The third kappa shape index (κ3) is 4.20. The molecule has 0 fully saturated rings. The van der Waals surface area contributed by atoms with E-state index in [1.54, 1.807) is 24.3 Å². The molecule has 1 aliphatic heterocycles. The average Bonchev–Trinajstić information content (AvgIpc) is 3.04. The summed E-state index contributed by atoms with van der Waals surface area (Å²) in [6.45, 7) is 4.31. The van der Waals surface area contributed by atoms with Gasteiger partial charge in [0.05, 0.1) is 10.5 Å². The Hall–Kier alpha value is -2.66. The molecular weight excluding hydrogens is 402 g/mol. The number of nitrogens with zero attached hydrogens (tertiary/aromatic N) is 2. The quantitative estimate of drug-likeness (QED) is 0.664. The molecule has 2 heterocycles. The van der Waals surface area contributed by atoms with Crippen LogP contribution in [0.5, 0.6) is 0 Å². The molecule has 0 spiro atoms. The average molecular weight is 424 g/mol. The fourth-order valence-corrected chi connectivity index (χ4v) is 6.07. The van der Waals surface area contributed by atoms with Crippen molar-refractivity contribution in [2.75, 3.05) is 11.3 Å².